The smallest absolute Gasteiger partial charge is 0.257 e. The summed E-state index contributed by atoms with van der Waals surface area (Å²) in [5.41, 5.74) is 1.45. The summed E-state index contributed by atoms with van der Waals surface area (Å²) >= 11 is 0. The second-order valence-corrected chi connectivity index (χ2v) is 5.86. The summed E-state index contributed by atoms with van der Waals surface area (Å²) in [4.78, 5) is 23.1. The predicted octanol–water partition coefficient (Wildman–Crippen LogP) is 2.78. The first-order valence-electron chi connectivity index (χ1n) is 7.12. The van der Waals surface area contributed by atoms with Gasteiger partial charge in [-0.3, -0.25) is 4.79 Å². The number of nitrogens with zero attached hydrogens (tertiary/aromatic N) is 3. The number of aromatic nitrogens is 2. The Morgan fingerprint density at radius 2 is 2.00 bits per heavy atom. The van der Waals surface area contributed by atoms with Gasteiger partial charge in [-0.2, -0.15) is 0 Å². The fourth-order valence-electron chi connectivity index (χ4n) is 2.36. The molecule has 1 aromatic rings. The highest BCUT2D eigenvalue weighted by molar-refractivity contribution is 5.95. The van der Waals surface area contributed by atoms with Crippen molar-refractivity contribution < 1.29 is 4.79 Å². The Labute approximate surface area is 115 Å². The summed E-state index contributed by atoms with van der Waals surface area (Å²) < 4.78 is 0. The molecule has 0 N–H and O–H groups in total. The van der Waals surface area contributed by atoms with Crippen molar-refractivity contribution in [3.05, 3.63) is 23.3 Å². The molecule has 0 radical (unpaired) electrons. The van der Waals surface area contributed by atoms with E-state index >= 15 is 0 Å². The summed E-state index contributed by atoms with van der Waals surface area (Å²) in [6.45, 7) is 9.96. The Balaban J connectivity index is 2.15. The van der Waals surface area contributed by atoms with E-state index in [1.54, 1.807) is 6.20 Å². The molecule has 1 amide bonds. The van der Waals surface area contributed by atoms with Gasteiger partial charge in [0.1, 0.15) is 5.82 Å². The molecule has 1 aliphatic rings. The predicted molar refractivity (Wildman–Crippen MR) is 75.2 cm³/mol. The van der Waals surface area contributed by atoms with E-state index in [1.807, 2.05) is 11.8 Å². The number of likely N-dealkylation sites (tertiary alicyclic amines) is 1. The van der Waals surface area contributed by atoms with Gasteiger partial charge in [0.25, 0.3) is 5.91 Å². The van der Waals surface area contributed by atoms with Gasteiger partial charge < -0.3 is 4.90 Å². The molecule has 1 aliphatic heterocycles. The zero-order chi connectivity index (χ0) is 14.0. The molecule has 19 heavy (non-hydrogen) atoms. The lowest BCUT2D eigenvalue weighted by Crippen LogP contribution is -2.38. The largest absolute Gasteiger partial charge is 0.339 e. The molecule has 0 spiro atoms. The molecule has 2 heterocycles. The van der Waals surface area contributed by atoms with E-state index in [0.29, 0.717) is 11.5 Å². The van der Waals surface area contributed by atoms with E-state index in [4.69, 9.17) is 0 Å². The Morgan fingerprint density at radius 3 is 2.53 bits per heavy atom. The van der Waals surface area contributed by atoms with Crippen LogP contribution in [0.3, 0.4) is 0 Å². The van der Waals surface area contributed by atoms with Crippen molar-refractivity contribution in [3.8, 4) is 0 Å². The summed E-state index contributed by atoms with van der Waals surface area (Å²) in [6, 6.07) is 0. The minimum atomic E-state index is 0.0831. The van der Waals surface area contributed by atoms with E-state index in [1.165, 1.54) is 0 Å². The second-order valence-electron chi connectivity index (χ2n) is 5.86. The molecule has 104 valence electrons. The normalized spacial score (nSPS) is 17.0. The van der Waals surface area contributed by atoms with E-state index in [0.717, 1.165) is 43.4 Å². The molecule has 0 unspecified atom stereocenters. The van der Waals surface area contributed by atoms with Crippen LogP contribution in [0.2, 0.25) is 0 Å². The minimum Gasteiger partial charge on any atom is -0.339 e. The third-order valence-electron chi connectivity index (χ3n) is 3.82. The summed E-state index contributed by atoms with van der Waals surface area (Å²) in [5.74, 6) is 1.91. The molecule has 0 aromatic carbocycles. The highest BCUT2D eigenvalue weighted by Gasteiger charge is 2.23. The van der Waals surface area contributed by atoms with Crippen LogP contribution in [0.25, 0.3) is 0 Å². The van der Waals surface area contributed by atoms with Crippen molar-refractivity contribution in [1.29, 1.82) is 0 Å². The highest BCUT2D eigenvalue weighted by Crippen LogP contribution is 2.19. The van der Waals surface area contributed by atoms with Crippen LogP contribution in [0.15, 0.2) is 6.20 Å². The van der Waals surface area contributed by atoms with Crippen molar-refractivity contribution in [2.75, 3.05) is 13.1 Å². The van der Waals surface area contributed by atoms with Gasteiger partial charge >= 0.3 is 0 Å². The van der Waals surface area contributed by atoms with Gasteiger partial charge in [-0.15, -0.1) is 0 Å². The first kappa shape index (κ1) is 14.0. The maximum atomic E-state index is 12.5. The van der Waals surface area contributed by atoms with Crippen LogP contribution in [0, 0.1) is 12.8 Å². The molecule has 1 aromatic heterocycles. The fourth-order valence-corrected chi connectivity index (χ4v) is 2.36. The van der Waals surface area contributed by atoms with Crippen LogP contribution in [-0.2, 0) is 0 Å². The molecule has 0 atom stereocenters. The summed E-state index contributed by atoms with van der Waals surface area (Å²) in [7, 11) is 0. The number of aryl methyl sites for hydroxylation is 1. The quantitative estimate of drug-likeness (QED) is 0.822. The van der Waals surface area contributed by atoms with E-state index in [-0.39, 0.29) is 5.91 Å². The Hall–Kier alpha value is -1.45. The van der Waals surface area contributed by atoms with Gasteiger partial charge in [-0.25, -0.2) is 9.97 Å². The molecule has 2 rings (SSSR count). The maximum Gasteiger partial charge on any atom is 0.257 e. The number of carbonyl (C=O) groups is 1. The van der Waals surface area contributed by atoms with Crippen molar-refractivity contribution >= 4 is 5.91 Å². The highest BCUT2D eigenvalue weighted by atomic mass is 16.2. The van der Waals surface area contributed by atoms with Crippen LogP contribution >= 0.6 is 0 Å². The number of amides is 1. The van der Waals surface area contributed by atoms with Crippen LogP contribution in [-0.4, -0.2) is 33.9 Å². The molecule has 0 bridgehead atoms. The molecule has 0 aliphatic carbocycles. The first-order chi connectivity index (χ1) is 8.99. The lowest BCUT2D eigenvalue weighted by Gasteiger charge is -2.30. The van der Waals surface area contributed by atoms with Gasteiger partial charge in [0.2, 0.25) is 0 Å². The molecule has 1 fully saturated rings. The number of rotatable bonds is 2. The van der Waals surface area contributed by atoms with Crippen LogP contribution < -0.4 is 0 Å². The second kappa shape index (κ2) is 5.68. The Bertz CT molecular complexity index is 462. The molecule has 1 saturated heterocycles. The van der Waals surface area contributed by atoms with Gasteiger partial charge in [-0.1, -0.05) is 20.8 Å². The molecular weight excluding hydrogens is 238 g/mol. The monoisotopic (exact) mass is 261 g/mol. The van der Waals surface area contributed by atoms with E-state index < -0.39 is 0 Å². The van der Waals surface area contributed by atoms with Crippen LogP contribution in [0.1, 0.15) is 61.4 Å². The van der Waals surface area contributed by atoms with Crippen LogP contribution in [0.4, 0.5) is 0 Å². The van der Waals surface area contributed by atoms with Gasteiger partial charge in [0.15, 0.2) is 0 Å². The Kier molecular flexibility index (Phi) is 4.17. The average Bonchev–Trinajstić information content (AvgIpc) is 2.38. The standard InChI is InChI=1S/C15H23N3O/c1-10(2)14-16-9-13(12(4)17-14)15(19)18-7-5-11(3)6-8-18/h9-11H,5-8H2,1-4H3. The zero-order valence-electron chi connectivity index (χ0n) is 12.3. The average molecular weight is 261 g/mol. The third-order valence-corrected chi connectivity index (χ3v) is 3.82. The number of hydrogen-bond donors (Lipinski definition) is 0. The lowest BCUT2D eigenvalue weighted by atomic mass is 9.98. The summed E-state index contributed by atoms with van der Waals surface area (Å²) in [6.07, 6.45) is 3.88. The van der Waals surface area contributed by atoms with Gasteiger partial charge in [0.05, 0.1) is 11.3 Å². The third kappa shape index (κ3) is 3.11. The summed E-state index contributed by atoms with van der Waals surface area (Å²) in [5, 5.41) is 0. The molecule has 4 nitrogen and oxygen atoms in total. The van der Waals surface area contributed by atoms with Crippen molar-refractivity contribution in [3.63, 3.8) is 0 Å². The SMILES string of the molecule is Cc1nc(C(C)C)ncc1C(=O)N1CCC(C)CC1. The van der Waals surface area contributed by atoms with Crippen molar-refractivity contribution in [1.82, 2.24) is 14.9 Å². The zero-order valence-corrected chi connectivity index (χ0v) is 12.3. The molecular formula is C15H23N3O. The van der Waals surface area contributed by atoms with Gasteiger partial charge in [0, 0.05) is 25.2 Å². The van der Waals surface area contributed by atoms with Gasteiger partial charge in [-0.05, 0) is 25.7 Å². The number of carbonyl (C=O) groups excluding carboxylic acids is 1. The topological polar surface area (TPSA) is 46.1 Å². The van der Waals surface area contributed by atoms with Crippen molar-refractivity contribution in [2.45, 2.75) is 46.5 Å². The Morgan fingerprint density at radius 1 is 1.37 bits per heavy atom. The molecule has 0 saturated carbocycles. The number of piperidine rings is 1. The van der Waals surface area contributed by atoms with Crippen molar-refractivity contribution in [2.24, 2.45) is 5.92 Å². The fraction of sp³-hybridized carbons (Fsp3) is 0.667. The first-order valence-corrected chi connectivity index (χ1v) is 7.12. The number of hydrogen-bond acceptors (Lipinski definition) is 3. The maximum absolute atomic E-state index is 12.5. The molecule has 4 heteroatoms. The van der Waals surface area contributed by atoms with E-state index in [2.05, 4.69) is 30.7 Å². The minimum absolute atomic E-state index is 0.0831. The van der Waals surface area contributed by atoms with Crippen LogP contribution in [0.5, 0.6) is 0 Å². The van der Waals surface area contributed by atoms with E-state index in [9.17, 15) is 4.79 Å². The lowest BCUT2D eigenvalue weighted by molar-refractivity contribution is 0.0695.